The molecule has 2 rings (SSSR count). The highest BCUT2D eigenvalue weighted by molar-refractivity contribution is 14.0. The molecular formula is C19H36IN5S. The fourth-order valence-electron chi connectivity index (χ4n) is 3.17. The first-order chi connectivity index (χ1) is 12.3. The number of nitrogens with one attached hydrogen (secondary N) is 2. The fourth-order valence-corrected chi connectivity index (χ4v) is 3.82. The van der Waals surface area contributed by atoms with Crippen LogP contribution < -0.4 is 10.6 Å². The minimum absolute atomic E-state index is 0. The van der Waals surface area contributed by atoms with Crippen LogP contribution in [-0.4, -0.2) is 55.1 Å². The lowest BCUT2D eigenvalue weighted by Crippen LogP contribution is -2.38. The Morgan fingerprint density at radius 3 is 2.69 bits per heavy atom. The molecule has 1 aliphatic heterocycles. The van der Waals surface area contributed by atoms with Crippen LogP contribution in [0.5, 0.6) is 0 Å². The van der Waals surface area contributed by atoms with E-state index in [0.717, 1.165) is 37.0 Å². The molecule has 1 fully saturated rings. The molecule has 0 amide bonds. The van der Waals surface area contributed by atoms with Gasteiger partial charge in [-0.25, -0.2) is 4.98 Å². The Morgan fingerprint density at radius 1 is 1.19 bits per heavy atom. The number of hydrogen-bond acceptors (Lipinski definition) is 4. The highest BCUT2D eigenvalue weighted by Crippen LogP contribution is 2.10. The maximum Gasteiger partial charge on any atom is 0.191 e. The number of rotatable bonds is 10. The number of aliphatic imine (C=N–C) groups is 1. The van der Waals surface area contributed by atoms with E-state index >= 15 is 0 Å². The highest BCUT2D eigenvalue weighted by Gasteiger charge is 2.08. The van der Waals surface area contributed by atoms with Crippen molar-refractivity contribution in [3.63, 3.8) is 0 Å². The zero-order valence-electron chi connectivity index (χ0n) is 16.4. The van der Waals surface area contributed by atoms with Crippen molar-refractivity contribution in [1.82, 2.24) is 20.5 Å². The summed E-state index contributed by atoms with van der Waals surface area (Å²) in [6, 6.07) is 0. The molecule has 0 saturated carbocycles. The minimum atomic E-state index is 0. The van der Waals surface area contributed by atoms with Crippen molar-refractivity contribution in [1.29, 1.82) is 0 Å². The maximum atomic E-state index is 4.70. The molecule has 1 aromatic heterocycles. The Kier molecular flexibility index (Phi) is 13.3. The van der Waals surface area contributed by atoms with E-state index in [9.17, 15) is 0 Å². The average Bonchev–Trinajstić information content (AvgIpc) is 3.04. The highest BCUT2D eigenvalue weighted by atomic mass is 127. The molecule has 2 N–H and O–H groups in total. The molecule has 0 radical (unpaired) electrons. The average molecular weight is 494 g/mol. The number of hydrogen-bond donors (Lipinski definition) is 2. The van der Waals surface area contributed by atoms with Crippen LogP contribution >= 0.6 is 35.3 Å². The van der Waals surface area contributed by atoms with Crippen LogP contribution in [0.4, 0.5) is 0 Å². The summed E-state index contributed by atoms with van der Waals surface area (Å²) in [5, 5.41) is 10.0. The van der Waals surface area contributed by atoms with Gasteiger partial charge in [0.05, 0.1) is 10.7 Å². The second-order valence-corrected chi connectivity index (χ2v) is 7.82. The lowest BCUT2D eigenvalue weighted by Gasteiger charge is -2.26. The number of aromatic nitrogens is 1. The van der Waals surface area contributed by atoms with Gasteiger partial charge in [-0.1, -0.05) is 12.8 Å². The monoisotopic (exact) mass is 493 g/mol. The topological polar surface area (TPSA) is 52.6 Å². The van der Waals surface area contributed by atoms with Gasteiger partial charge < -0.3 is 15.5 Å². The first-order valence-electron chi connectivity index (χ1n) is 9.93. The summed E-state index contributed by atoms with van der Waals surface area (Å²) in [5.41, 5.74) is 1.17. The Labute approximate surface area is 180 Å². The van der Waals surface area contributed by atoms with Crippen molar-refractivity contribution in [3.05, 3.63) is 16.1 Å². The zero-order chi connectivity index (χ0) is 17.7. The second-order valence-electron chi connectivity index (χ2n) is 6.76. The number of nitrogens with zero attached hydrogens (tertiary/aromatic N) is 3. The van der Waals surface area contributed by atoms with Gasteiger partial charge in [0.15, 0.2) is 5.96 Å². The van der Waals surface area contributed by atoms with Crippen molar-refractivity contribution < 1.29 is 0 Å². The lowest BCUT2D eigenvalue weighted by atomic mass is 10.1. The number of aryl methyl sites for hydroxylation is 1. The Morgan fingerprint density at radius 2 is 2.00 bits per heavy atom. The third-order valence-corrected chi connectivity index (χ3v) is 5.36. The van der Waals surface area contributed by atoms with Gasteiger partial charge in [0.2, 0.25) is 0 Å². The Hall–Kier alpha value is -0.410. The standard InChI is InChI=1S/C19H35N5S.HI/c1-3-20-19(22-12-10-18-16-25-17(2)23-18)21-11-6-4-7-13-24-14-8-5-9-15-24;/h16H,3-15H2,1-2H3,(H2,20,21,22);1H. The van der Waals surface area contributed by atoms with E-state index in [1.165, 1.54) is 63.9 Å². The van der Waals surface area contributed by atoms with Crippen molar-refractivity contribution in [2.24, 2.45) is 4.99 Å². The van der Waals surface area contributed by atoms with E-state index in [2.05, 4.69) is 39.7 Å². The predicted octanol–water partition coefficient (Wildman–Crippen LogP) is 3.82. The molecule has 0 aliphatic carbocycles. The van der Waals surface area contributed by atoms with Crippen LogP contribution in [0.2, 0.25) is 0 Å². The van der Waals surface area contributed by atoms with Crippen molar-refractivity contribution in [3.8, 4) is 0 Å². The molecule has 2 heterocycles. The number of likely N-dealkylation sites (tertiary alicyclic amines) is 1. The van der Waals surface area contributed by atoms with Crippen molar-refractivity contribution in [2.45, 2.75) is 58.8 Å². The van der Waals surface area contributed by atoms with Gasteiger partial charge in [-0.15, -0.1) is 35.3 Å². The van der Waals surface area contributed by atoms with Crippen LogP contribution in [0.3, 0.4) is 0 Å². The van der Waals surface area contributed by atoms with E-state index in [-0.39, 0.29) is 24.0 Å². The molecule has 7 heteroatoms. The van der Waals surface area contributed by atoms with Gasteiger partial charge in [0.25, 0.3) is 0 Å². The zero-order valence-corrected chi connectivity index (χ0v) is 19.6. The van der Waals surface area contributed by atoms with Crippen LogP contribution in [0, 0.1) is 6.92 Å². The second kappa shape index (κ2) is 14.6. The van der Waals surface area contributed by atoms with Gasteiger partial charge in [0.1, 0.15) is 0 Å². The largest absolute Gasteiger partial charge is 0.357 e. The van der Waals surface area contributed by atoms with Crippen LogP contribution in [0.25, 0.3) is 0 Å². The molecule has 1 saturated heterocycles. The smallest absolute Gasteiger partial charge is 0.191 e. The summed E-state index contributed by atoms with van der Waals surface area (Å²) in [4.78, 5) is 11.8. The van der Waals surface area contributed by atoms with Crippen LogP contribution in [0.1, 0.15) is 56.2 Å². The predicted molar refractivity (Wildman–Crippen MR) is 124 cm³/mol. The SMILES string of the molecule is CCNC(=NCCCCCN1CCCCC1)NCCc1csc(C)n1.I. The van der Waals surface area contributed by atoms with Gasteiger partial charge in [-0.05, 0) is 59.2 Å². The quantitative estimate of drug-likeness (QED) is 0.225. The molecule has 0 aromatic carbocycles. The van der Waals surface area contributed by atoms with Crippen LogP contribution in [0.15, 0.2) is 10.4 Å². The van der Waals surface area contributed by atoms with Gasteiger partial charge in [0, 0.05) is 31.4 Å². The summed E-state index contributed by atoms with van der Waals surface area (Å²) in [5.74, 6) is 0.936. The summed E-state index contributed by atoms with van der Waals surface area (Å²) < 4.78 is 0. The number of unbranched alkanes of at least 4 members (excludes halogenated alkanes) is 2. The summed E-state index contributed by atoms with van der Waals surface area (Å²) in [6.07, 6.45) is 8.92. The number of piperidine rings is 1. The molecule has 1 aromatic rings. The van der Waals surface area contributed by atoms with Crippen molar-refractivity contribution in [2.75, 3.05) is 39.3 Å². The maximum absolute atomic E-state index is 4.70. The third-order valence-electron chi connectivity index (χ3n) is 4.54. The van der Waals surface area contributed by atoms with E-state index in [1.54, 1.807) is 11.3 Å². The van der Waals surface area contributed by atoms with Crippen molar-refractivity contribution >= 4 is 41.3 Å². The molecule has 1 aliphatic rings. The number of thiazole rings is 1. The third kappa shape index (κ3) is 10.1. The number of guanidine groups is 1. The summed E-state index contributed by atoms with van der Waals surface area (Å²) in [6.45, 7) is 10.7. The molecular weight excluding hydrogens is 457 g/mol. The van der Waals surface area contributed by atoms with E-state index < -0.39 is 0 Å². The normalized spacial score (nSPS) is 15.5. The molecule has 0 bridgehead atoms. The molecule has 150 valence electrons. The van der Waals surface area contributed by atoms with Crippen LogP contribution in [-0.2, 0) is 6.42 Å². The lowest BCUT2D eigenvalue weighted by molar-refractivity contribution is 0.224. The molecule has 0 atom stereocenters. The molecule has 26 heavy (non-hydrogen) atoms. The molecule has 0 unspecified atom stereocenters. The van der Waals surface area contributed by atoms with E-state index in [0.29, 0.717) is 0 Å². The van der Waals surface area contributed by atoms with E-state index in [4.69, 9.17) is 4.99 Å². The Balaban J connectivity index is 0.00000338. The van der Waals surface area contributed by atoms with Gasteiger partial charge >= 0.3 is 0 Å². The molecule has 0 spiro atoms. The minimum Gasteiger partial charge on any atom is -0.357 e. The van der Waals surface area contributed by atoms with Gasteiger partial charge in [-0.2, -0.15) is 0 Å². The number of halogens is 1. The van der Waals surface area contributed by atoms with E-state index in [1.807, 2.05) is 0 Å². The first kappa shape index (κ1) is 23.6. The summed E-state index contributed by atoms with van der Waals surface area (Å²) >= 11 is 1.72. The first-order valence-corrected chi connectivity index (χ1v) is 10.8. The fraction of sp³-hybridized carbons (Fsp3) is 0.789. The molecule has 5 nitrogen and oxygen atoms in total. The summed E-state index contributed by atoms with van der Waals surface area (Å²) in [7, 11) is 0. The van der Waals surface area contributed by atoms with Gasteiger partial charge in [-0.3, -0.25) is 4.99 Å². The Bertz CT molecular complexity index is 500.